The Labute approximate surface area is 92.0 Å². The predicted octanol–water partition coefficient (Wildman–Crippen LogP) is 1.66. The molecule has 0 bridgehead atoms. The average Bonchev–Trinajstić information content (AvgIpc) is 2.61. The van der Waals surface area contributed by atoms with E-state index in [4.69, 9.17) is 16.3 Å². The summed E-state index contributed by atoms with van der Waals surface area (Å²) in [5.41, 5.74) is 0.108. The van der Waals surface area contributed by atoms with Gasteiger partial charge in [-0.15, -0.1) is 10.2 Å². The van der Waals surface area contributed by atoms with E-state index in [1.165, 1.54) is 0 Å². The van der Waals surface area contributed by atoms with Crippen LogP contribution in [-0.4, -0.2) is 26.9 Å². The highest BCUT2D eigenvalue weighted by Crippen LogP contribution is 2.22. The third kappa shape index (κ3) is 1.68. The summed E-state index contributed by atoms with van der Waals surface area (Å²) in [5.74, 6) is 0.627. The molecule has 2 heterocycles. The first-order valence-corrected chi connectivity index (χ1v) is 4.86. The third-order valence-corrected chi connectivity index (χ3v) is 2.48. The average molecular weight is 227 g/mol. The zero-order valence-corrected chi connectivity index (χ0v) is 9.49. The third-order valence-electron chi connectivity index (χ3n) is 2.28. The van der Waals surface area contributed by atoms with Crippen molar-refractivity contribution in [1.82, 2.24) is 19.8 Å². The molecule has 0 aliphatic heterocycles. The second kappa shape index (κ2) is 3.43. The Balaban J connectivity index is 2.67. The highest BCUT2D eigenvalue weighted by atomic mass is 35.5. The van der Waals surface area contributed by atoms with Gasteiger partial charge >= 0.3 is 0 Å². The molecule has 0 N–H and O–H groups in total. The maximum atomic E-state index is 5.81. The lowest BCUT2D eigenvalue weighted by atomic mass is 10.1. The Bertz CT molecular complexity index is 494. The number of halogens is 1. The van der Waals surface area contributed by atoms with Crippen LogP contribution >= 0.6 is 11.6 Å². The topological polar surface area (TPSA) is 52.3 Å². The summed E-state index contributed by atoms with van der Waals surface area (Å²) >= 11 is 5.81. The number of nitrogens with zero attached hydrogens (tertiary/aromatic N) is 4. The first kappa shape index (κ1) is 10.3. The Kier molecular flexibility index (Phi) is 2.36. The van der Waals surface area contributed by atoms with Crippen molar-refractivity contribution < 1.29 is 4.74 Å². The van der Waals surface area contributed by atoms with Crippen LogP contribution in [-0.2, 0) is 10.3 Å². The van der Waals surface area contributed by atoms with E-state index in [1.807, 2.05) is 13.8 Å². The van der Waals surface area contributed by atoms with Gasteiger partial charge in [-0.3, -0.25) is 0 Å². The Morgan fingerprint density at radius 2 is 2.07 bits per heavy atom. The molecule has 2 rings (SSSR count). The van der Waals surface area contributed by atoms with Gasteiger partial charge in [0, 0.05) is 7.11 Å². The lowest BCUT2D eigenvalue weighted by Gasteiger charge is -2.19. The van der Waals surface area contributed by atoms with Crippen LogP contribution in [0.5, 0.6) is 0 Å². The number of ether oxygens (including phenoxy) is 1. The maximum Gasteiger partial charge on any atom is 0.186 e. The number of methoxy groups -OCH3 is 1. The van der Waals surface area contributed by atoms with Crippen molar-refractivity contribution in [3.63, 3.8) is 0 Å². The summed E-state index contributed by atoms with van der Waals surface area (Å²) in [6.45, 7) is 3.79. The van der Waals surface area contributed by atoms with E-state index in [9.17, 15) is 0 Å². The highest BCUT2D eigenvalue weighted by Gasteiger charge is 2.26. The van der Waals surface area contributed by atoms with E-state index in [2.05, 4.69) is 15.3 Å². The van der Waals surface area contributed by atoms with Gasteiger partial charge in [-0.05, 0) is 26.0 Å². The van der Waals surface area contributed by atoms with E-state index in [0.717, 1.165) is 0 Å². The molecule has 0 aliphatic carbocycles. The van der Waals surface area contributed by atoms with Crippen molar-refractivity contribution in [3.05, 3.63) is 23.1 Å². The van der Waals surface area contributed by atoms with Crippen LogP contribution in [0.25, 0.3) is 5.65 Å². The SMILES string of the molecule is COC(C)(C)c1nnc2ccc(Cl)nn12. The van der Waals surface area contributed by atoms with Crippen molar-refractivity contribution in [2.75, 3.05) is 7.11 Å². The predicted molar refractivity (Wildman–Crippen MR) is 55.8 cm³/mol. The zero-order chi connectivity index (χ0) is 11.1. The second-order valence-electron chi connectivity index (χ2n) is 3.66. The molecular weight excluding hydrogens is 216 g/mol. The monoisotopic (exact) mass is 226 g/mol. The van der Waals surface area contributed by atoms with Gasteiger partial charge in [0.1, 0.15) is 10.8 Å². The quantitative estimate of drug-likeness (QED) is 0.782. The molecule has 0 spiro atoms. The van der Waals surface area contributed by atoms with Crippen LogP contribution in [0.4, 0.5) is 0 Å². The van der Waals surface area contributed by atoms with Gasteiger partial charge in [-0.1, -0.05) is 11.6 Å². The van der Waals surface area contributed by atoms with E-state index in [1.54, 1.807) is 23.8 Å². The molecule has 6 heteroatoms. The number of aromatic nitrogens is 4. The molecular formula is C9H11ClN4O. The fourth-order valence-corrected chi connectivity index (χ4v) is 1.37. The lowest BCUT2D eigenvalue weighted by molar-refractivity contribution is 0.00977. The van der Waals surface area contributed by atoms with Gasteiger partial charge in [-0.25, -0.2) is 0 Å². The van der Waals surface area contributed by atoms with Crippen molar-refractivity contribution >= 4 is 17.2 Å². The van der Waals surface area contributed by atoms with Crippen LogP contribution in [0.2, 0.25) is 5.15 Å². The van der Waals surface area contributed by atoms with Crippen molar-refractivity contribution in [1.29, 1.82) is 0 Å². The standard InChI is InChI=1S/C9H11ClN4O/c1-9(2,15-3)8-12-11-7-5-4-6(10)13-14(7)8/h4-5H,1-3H3. The molecule has 0 amide bonds. The first-order valence-electron chi connectivity index (χ1n) is 4.48. The van der Waals surface area contributed by atoms with Gasteiger partial charge in [0.25, 0.3) is 0 Å². The van der Waals surface area contributed by atoms with Crippen LogP contribution in [0.1, 0.15) is 19.7 Å². The Morgan fingerprint density at radius 3 is 2.73 bits per heavy atom. The number of hydrogen-bond acceptors (Lipinski definition) is 4. The Morgan fingerprint density at radius 1 is 1.33 bits per heavy atom. The van der Waals surface area contributed by atoms with E-state index < -0.39 is 5.60 Å². The molecule has 0 aromatic carbocycles. The van der Waals surface area contributed by atoms with Gasteiger partial charge in [0.15, 0.2) is 11.5 Å². The fourth-order valence-electron chi connectivity index (χ4n) is 1.23. The molecule has 0 aliphatic rings. The van der Waals surface area contributed by atoms with E-state index in [0.29, 0.717) is 16.6 Å². The molecule has 15 heavy (non-hydrogen) atoms. The molecule has 0 atom stereocenters. The molecule has 2 aromatic rings. The van der Waals surface area contributed by atoms with Crippen LogP contribution < -0.4 is 0 Å². The summed E-state index contributed by atoms with van der Waals surface area (Å²) in [6, 6.07) is 3.44. The van der Waals surface area contributed by atoms with E-state index in [-0.39, 0.29) is 0 Å². The molecule has 80 valence electrons. The van der Waals surface area contributed by atoms with E-state index >= 15 is 0 Å². The smallest absolute Gasteiger partial charge is 0.186 e. The minimum Gasteiger partial charge on any atom is -0.371 e. The highest BCUT2D eigenvalue weighted by molar-refractivity contribution is 6.29. The van der Waals surface area contributed by atoms with Crippen LogP contribution in [0.15, 0.2) is 12.1 Å². The van der Waals surface area contributed by atoms with Crippen molar-refractivity contribution in [2.45, 2.75) is 19.4 Å². The Hall–Kier alpha value is -1.20. The largest absolute Gasteiger partial charge is 0.371 e. The summed E-state index contributed by atoms with van der Waals surface area (Å²) in [6.07, 6.45) is 0. The normalized spacial score (nSPS) is 12.3. The molecule has 0 fully saturated rings. The lowest BCUT2D eigenvalue weighted by Crippen LogP contribution is -2.23. The summed E-state index contributed by atoms with van der Waals surface area (Å²) < 4.78 is 6.91. The summed E-state index contributed by atoms with van der Waals surface area (Å²) in [5, 5.41) is 12.6. The minimum atomic E-state index is -0.545. The molecule has 2 aromatic heterocycles. The minimum absolute atomic E-state index is 0.399. The second-order valence-corrected chi connectivity index (χ2v) is 4.05. The molecule has 5 nitrogen and oxygen atoms in total. The molecule has 0 saturated heterocycles. The van der Waals surface area contributed by atoms with Gasteiger partial charge in [-0.2, -0.15) is 9.61 Å². The fraction of sp³-hybridized carbons (Fsp3) is 0.444. The maximum absolute atomic E-state index is 5.81. The van der Waals surface area contributed by atoms with Crippen LogP contribution in [0, 0.1) is 0 Å². The number of fused-ring (bicyclic) bond motifs is 1. The van der Waals surface area contributed by atoms with Gasteiger partial charge in [0.2, 0.25) is 0 Å². The molecule has 0 unspecified atom stereocenters. The molecule has 0 saturated carbocycles. The van der Waals surface area contributed by atoms with Crippen molar-refractivity contribution in [3.8, 4) is 0 Å². The molecule has 0 radical (unpaired) electrons. The van der Waals surface area contributed by atoms with Gasteiger partial charge < -0.3 is 4.74 Å². The zero-order valence-electron chi connectivity index (χ0n) is 8.73. The number of rotatable bonds is 2. The van der Waals surface area contributed by atoms with Crippen LogP contribution in [0.3, 0.4) is 0 Å². The number of hydrogen-bond donors (Lipinski definition) is 0. The van der Waals surface area contributed by atoms with Gasteiger partial charge in [0.05, 0.1) is 0 Å². The summed E-state index contributed by atoms with van der Waals surface area (Å²) in [7, 11) is 1.62. The van der Waals surface area contributed by atoms with Crippen molar-refractivity contribution in [2.24, 2.45) is 0 Å². The summed E-state index contributed by atoms with van der Waals surface area (Å²) in [4.78, 5) is 0. The first-order chi connectivity index (χ1) is 7.04.